The third kappa shape index (κ3) is 2.15. The Balaban J connectivity index is 2.27. The van der Waals surface area contributed by atoms with Crippen LogP contribution in [0.2, 0.25) is 5.02 Å². The highest BCUT2D eigenvalue weighted by Gasteiger charge is 2.11. The van der Waals surface area contributed by atoms with Gasteiger partial charge in [-0.2, -0.15) is 0 Å². The van der Waals surface area contributed by atoms with E-state index in [9.17, 15) is 0 Å². The van der Waals surface area contributed by atoms with Gasteiger partial charge in [-0.1, -0.05) is 41.9 Å². The van der Waals surface area contributed by atoms with Crippen molar-refractivity contribution in [1.82, 2.24) is 9.55 Å². The zero-order valence-electron chi connectivity index (χ0n) is 10.4. The first-order chi connectivity index (χ1) is 9.29. The first kappa shape index (κ1) is 12.0. The monoisotopic (exact) mass is 268 g/mol. The summed E-state index contributed by atoms with van der Waals surface area (Å²) < 4.78 is 2.15. The van der Waals surface area contributed by atoms with Crippen molar-refractivity contribution in [3.05, 3.63) is 66.2 Å². The number of aromatic nitrogens is 2. The molecule has 0 bridgehead atoms. The van der Waals surface area contributed by atoms with Gasteiger partial charge in [-0.05, 0) is 24.3 Å². The zero-order chi connectivity index (χ0) is 13.2. The second-order valence-corrected chi connectivity index (χ2v) is 4.77. The van der Waals surface area contributed by atoms with Crippen molar-refractivity contribution in [2.24, 2.45) is 0 Å². The minimum absolute atomic E-state index is 0.717. The van der Waals surface area contributed by atoms with Gasteiger partial charge in [0.25, 0.3) is 0 Å². The maximum absolute atomic E-state index is 6.07. The van der Waals surface area contributed by atoms with Crippen molar-refractivity contribution >= 4 is 22.6 Å². The van der Waals surface area contributed by atoms with E-state index in [0.717, 1.165) is 34.0 Å². The fourth-order valence-electron chi connectivity index (χ4n) is 2.24. The van der Waals surface area contributed by atoms with Crippen LogP contribution in [0, 0.1) is 0 Å². The van der Waals surface area contributed by atoms with E-state index in [1.54, 1.807) is 0 Å². The van der Waals surface area contributed by atoms with Crippen molar-refractivity contribution in [3.8, 4) is 11.4 Å². The first-order valence-corrected chi connectivity index (χ1v) is 6.49. The first-order valence-electron chi connectivity index (χ1n) is 6.11. The molecule has 0 saturated heterocycles. The summed E-state index contributed by atoms with van der Waals surface area (Å²) in [6, 6.07) is 15.9. The molecule has 2 aromatic carbocycles. The fraction of sp³-hybridized carbons (Fsp3) is 0.0625. The van der Waals surface area contributed by atoms with Crippen LogP contribution in [0.3, 0.4) is 0 Å². The molecule has 0 radical (unpaired) electrons. The van der Waals surface area contributed by atoms with Gasteiger partial charge in [0.2, 0.25) is 0 Å². The number of fused-ring (bicyclic) bond motifs is 1. The number of hydrogen-bond donors (Lipinski definition) is 0. The van der Waals surface area contributed by atoms with Crippen molar-refractivity contribution in [2.45, 2.75) is 6.54 Å². The second-order valence-electron chi connectivity index (χ2n) is 4.33. The molecule has 0 aliphatic rings. The molecule has 1 aromatic heterocycles. The molecule has 0 N–H and O–H groups in total. The van der Waals surface area contributed by atoms with E-state index in [1.165, 1.54) is 0 Å². The molecule has 0 aliphatic heterocycles. The molecule has 0 spiro atoms. The van der Waals surface area contributed by atoms with Crippen molar-refractivity contribution < 1.29 is 0 Å². The summed E-state index contributed by atoms with van der Waals surface area (Å²) in [5, 5.41) is 0.717. The summed E-state index contributed by atoms with van der Waals surface area (Å²) in [6.45, 7) is 4.54. The topological polar surface area (TPSA) is 17.8 Å². The van der Waals surface area contributed by atoms with Gasteiger partial charge in [-0.25, -0.2) is 4.98 Å². The van der Waals surface area contributed by atoms with Crippen LogP contribution in [-0.2, 0) is 6.54 Å². The van der Waals surface area contributed by atoms with Gasteiger partial charge < -0.3 is 4.57 Å². The van der Waals surface area contributed by atoms with Crippen LogP contribution in [0.5, 0.6) is 0 Å². The molecule has 0 amide bonds. The molecule has 0 aliphatic carbocycles. The smallest absolute Gasteiger partial charge is 0.141 e. The van der Waals surface area contributed by atoms with E-state index < -0.39 is 0 Å². The standard InChI is InChI=1S/C16H13ClN2/c1-2-10-19-15-9-4-3-8-14(15)18-16(19)12-6-5-7-13(17)11-12/h2-9,11H,1,10H2. The Kier molecular flexibility index (Phi) is 3.10. The number of benzene rings is 2. The van der Waals surface area contributed by atoms with Crippen molar-refractivity contribution in [2.75, 3.05) is 0 Å². The lowest BCUT2D eigenvalue weighted by Crippen LogP contribution is -1.98. The number of hydrogen-bond acceptors (Lipinski definition) is 1. The number of rotatable bonds is 3. The van der Waals surface area contributed by atoms with Crippen LogP contribution in [0.1, 0.15) is 0 Å². The van der Waals surface area contributed by atoms with Gasteiger partial charge >= 0.3 is 0 Å². The lowest BCUT2D eigenvalue weighted by Gasteiger charge is -2.06. The molecular weight excluding hydrogens is 256 g/mol. The van der Waals surface area contributed by atoms with Crippen LogP contribution in [0.25, 0.3) is 22.4 Å². The highest BCUT2D eigenvalue weighted by Crippen LogP contribution is 2.26. The predicted molar refractivity (Wildman–Crippen MR) is 80.4 cm³/mol. The third-order valence-electron chi connectivity index (χ3n) is 3.05. The molecule has 3 rings (SSSR count). The third-order valence-corrected chi connectivity index (χ3v) is 3.28. The molecule has 94 valence electrons. The van der Waals surface area contributed by atoms with Crippen molar-refractivity contribution in [1.29, 1.82) is 0 Å². The average molecular weight is 269 g/mol. The van der Waals surface area contributed by atoms with E-state index in [2.05, 4.69) is 17.2 Å². The van der Waals surface area contributed by atoms with Gasteiger partial charge in [0, 0.05) is 17.1 Å². The van der Waals surface area contributed by atoms with Crippen LogP contribution in [0.15, 0.2) is 61.2 Å². The van der Waals surface area contributed by atoms with E-state index >= 15 is 0 Å². The Bertz CT molecular complexity index is 743. The highest BCUT2D eigenvalue weighted by molar-refractivity contribution is 6.30. The summed E-state index contributed by atoms with van der Waals surface area (Å²) in [7, 11) is 0. The van der Waals surface area contributed by atoms with E-state index in [-0.39, 0.29) is 0 Å². The van der Waals surface area contributed by atoms with Gasteiger partial charge in [0.15, 0.2) is 0 Å². The Hall–Kier alpha value is -2.06. The Morgan fingerprint density at radius 1 is 1.16 bits per heavy atom. The van der Waals surface area contributed by atoms with Crippen LogP contribution in [0.4, 0.5) is 0 Å². The summed E-state index contributed by atoms with van der Waals surface area (Å²) in [4.78, 5) is 4.70. The minimum atomic E-state index is 0.717. The summed E-state index contributed by atoms with van der Waals surface area (Å²) >= 11 is 6.07. The number of allylic oxidation sites excluding steroid dienone is 1. The molecule has 0 atom stereocenters. The number of nitrogens with zero attached hydrogens (tertiary/aromatic N) is 2. The Morgan fingerprint density at radius 3 is 2.79 bits per heavy atom. The maximum atomic E-state index is 6.07. The SMILES string of the molecule is C=CCn1c(-c2cccc(Cl)c2)nc2ccccc21. The van der Waals surface area contributed by atoms with E-state index in [4.69, 9.17) is 16.6 Å². The molecule has 3 heteroatoms. The fourth-order valence-corrected chi connectivity index (χ4v) is 2.43. The summed E-state index contributed by atoms with van der Waals surface area (Å²) in [5.41, 5.74) is 3.11. The predicted octanol–water partition coefficient (Wildman–Crippen LogP) is 4.54. The lowest BCUT2D eigenvalue weighted by atomic mass is 10.2. The normalized spacial score (nSPS) is 10.8. The highest BCUT2D eigenvalue weighted by atomic mass is 35.5. The van der Waals surface area contributed by atoms with Crippen LogP contribution >= 0.6 is 11.6 Å². The minimum Gasteiger partial charge on any atom is -0.320 e. The average Bonchev–Trinajstić information content (AvgIpc) is 2.79. The molecule has 0 unspecified atom stereocenters. The zero-order valence-corrected chi connectivity index (χ0v) is 11.1. The number of halogens is 1. The molecule has 0 saturated carbocycles. The number of para-hydroxylation sites is 2. The summed E-state index contributed by atoms with van der Waals surface area (Å²) in [6.07, 6.45) is 1.88. The van der Waals surface area contributed by atoms with E-state index in [0.29, 0.717) is 0 Å². The van der Waals surface area contributed by atoms with Gasteiger partial charge in [-0.3, -0.25) is 0 Å². The summed E-state index contributed by atoms with van der Waals surface area (Å²) in [5.74, 6) is 0.920. The molecule has 0 fully saturated rings. The molecular formula is C16H13ClN2. The van der Waals surface area contributed by atoms with Crippen molar-refractivity contribution in [3.63, 3.8) is 0 Å². The van der Waals surface area contributed by atoms with Gasteiger partial charge in [0.1, 0.15) is 5.82 Å². The van der Waals surface area contributed by atoms with Gasteiger partial charge in [0.05, 0.1) is 11.0 Å². The Labute approximate surface area is 117 Å². The van der Waals surface area contributed by atoms with Crippen LogP contribution in [-0.4, -0.2) is 9.55 Å². The lowest BCUT2D eigenvalue weighted by molar-refractivity contribution is 0.862. The van der Waals surface area contributed by atoms with Gasteiger partial charge in [-0.15, -0.1) is 6.58 Å². The molecule has 1 heterocycles. The largest absolute Gasteiger partial charge is 0.320 e. The maximum Gasteiger partial charge on any atom is 0.141 e. The van der Waals surface area contributed by atoms with E-state index in [1.807, 2.05) is 48.5 Å². The second kappa shape index (κ2) is 4.90. The molecule has 3 aromatic rings. The number of imidazole rings is 1. The Morgan fingerprint density at radius 2 is 2.00 bits per heavy atom. The quantitative estimate of drug-likeness (QED) is 0.638. The van der Waals surface area contributed by atoms with Crippen LogP contribution < -0.4 is 0 Å². The molecule has 19 heavy (non-hydrogen) atoms. The molecule has 2 nitrogen and oxygen atoms in total.